The van der Waals surface area contributed by atoms with Gasteiger partial charge in [-0.25, -0.2) is 9.59 Å². The highest BCUT2D eigenvalue weighted by molar-refractivity contribution is 6.06. The molecule has 1 amide bonds. The summed E-state index contributed by atoms with van der Waals surface area (Å²) in [5.74, 6) is -0.458. The first-order valence-corrected chi connectivity index (χ1v) is 12.2. The molecule has 2 N–H and O–H groups in total. The molecule has 2 aromatic heterocycles. The predicted octanol–water partition coefficient (Wildman–Crippen LogP) is 4.60. The molecule has 4 aromatic rings. The van der Waals surface area contributed by atoms with E-state index in [4.69, 9.17) is 23.4 Å². The molecule has 2 aliphatic rings. The van der Waals surface area contributed by atoms with Crippen LogP contribution in [0.15, 0.2) is 57.7 Å². The third kappa shape index (κ3) is 3.84. The van der Waals surface area contributed by atoms with Crippen molar-refractivity contribution in [3.63, 3.8) is 0 Å². The lowest BCUT2D eigenvalue weighted by atomic mass is 9.84. The Labute approximate surface area is 216 Å². The molecule has 2 fully saturated rings. The molecule has 196 valence electrons. The molecule has 10 heteroatoms. The lowest BCUT2D eigenvalue weighted by Gasteiger charge is -2.46. The number of fused-ring (bicyclic) bond motifs is 3. The summed E-state index contributed by atoms with van der Waals surface area (Å²) in [6.45, 7) is 5.51. The molecule has 4 atom stereocenters. The van der Waals surface area contributed by atoms with Gasteiger partial charge in [-0.1, -0.05) is 30.3 Å². The normalized spacial score (nSPS) is 24.2. The number of hydrogen-bond donors (Lipinski definition) is 2. The highest BCUT2D eigenvalue weighted by Crippen LogP contribution is 2.45. The van der Waals surface area contributed by atoms with Crippen LogP contribution >= 0.6 is 0 Å². The first kappa shape index (κ1) is 24.2. The summed E-state index contributed by atoms with van der Waals surface area (Å²) in [4.78, 5) is 40.8. The topological polar surface area (TPSA) is 129 Å². The zero-order chi connectivity index (χ0) is 26.8. The molecule has 2 aromatic carbocycles. The van der Waals surface area contributed by atoms with Crippen LogP contribution < -0.4 is 10.9 Å². The van der Waals surface area contributed by atoms with Crippen LogP contribution in [-0.4, -0.2) is 48.1 Å². The number of amides is 1. The van der Waals surface area contributed by atoms with Gasteiger partial charge in [0.05, 0.1) is 5.60 Å². The van der Waals surface area contributed by atoms with E-state index in [2.05, 4.69) is 10.3 Å². The van der Waals surface area contributed by atoms with Gasteiger partial charge in [0.2, 0.25) is 0 Å². The molecular formula is C28H26N2O8. The van der Waals surface area contributed by atoms with Crippen molar-refractivity contribution in [2.75, 3.05) is 12.4 Å². The van der Waals surface area contributed by atoms with Gasteiger partial charge in [0.25, 0.3) is 5.91 Å². The number of H-pyrrole nitrogens is 1. The molecule has 2 aliphatic heterocycles. The minimum absolute atomic E-state index is 0.0180. The van der Waals surface area contributed by atoms with Crippen molar-refractivity contribution in [2.45, 2.75) is 50.8 Å². The molecule has 0 radical (unpaired) electrons. The SMILES string of the molecule is CO[C@@H]1[C@H]2OC(=O)O[C@H]2[C@H](c2ccc3cc(NC(=O)c4cc5ccccc5[nH]4)c(=O)oc3c2C)OC1(C)C. The maximum atomic E-state index is 12.9. The van der Waals surface area contributed by atoms with E-state index < -0.39 is 47.7 Å². The van der Waals surface area contributed by atoms with Gasteiger partial charge in [0, 0.05) is 23.4 Å². The fourth-order valence-corrected chi connectivity index (χ4v) is 5.49. The average molecular weight is 519 g/mol. The van der Waals surface area contributed by atoms with Crippen molar-refractivity contribution < 1.29 is 33.0 Å². The van der Waals surface area contributed by atoms with E-state index in [1.807, 2.05) is 44.2 Å². The van der Waals surface area contributed by atoms with Crippen LogP contribution in [0.5, 0.6) is 0 Å². The number of ether oxygens (including phenoxy) is 4. The lowest BCUT2D eigenvalue weighted by Crippen LogP contribution is -2.58. The fraction of sp³-hybridized carbons (Fsp3) is 0.321. The molecule has 4 heterocycles. The number of benzene rings is 2. The summed E-state index contributed by atoms with van der Waals surface area (Å²) in [6, 6.07) is 14.4. The second kappa shape index (κ2) is 8.71. The molecule has 0 unspecified atom stereocenters. The van der Waals surface area contributed by atoms with Gasteiger partial charge in [0.1, 0.15) is 29.2 Å². The quantitative estimate of drug-likeness (QED) is 0.296. The largest absolute Gasteiger partial charge is 0.509 e. The van der Waals surface area contributed by atoms with E-state index in [-0.39, 0.29) is 5.69 Å². The molecule has 0 bridgehead atoms. The maximum Gasteiger partial charge on any atom is 0.509 e. The number of nitrogens with one attached hydrogen (secondary N) is 2. The van der Waals surface area contributed by atoms with E-state index in [1.54, 1.807) is 25.1 Å². The monoisotopic (exact) mass is 518 g/mol. The van der Waals surface area contributed by atoms with Crippen LogP contribution in [0.25, 0.3) is 21.9 Å². The number of hydrogen-bond acceptors (Lipinski definition) is 8. The summed E-state index contributed by atoms with van der Waals surface area (Å²) in [6.07, 6.45) is -3.39. The Kier molecular flexibility index (Phi) is 5.55. The van der Waals surface area contributed by atoms with Gasteiger partial charge < -0.3 is 33.7 Å². The third-order valence-corrected chi connectivity index (χ3v) is 7.28. The fourth-order valence-electron chi connectivity index (χ4n) is 5.49. The van der Waals surface area contributed by atoms with Crippen LogP contribution in [0.2, 0.25) is 0 Å². The van der Waals surface area contributed by atoms with Crippen molar-refractivity contribution in [3.05, 3.63) is 75.8 Å². The standard InChI is InChI=1S/C28H26N2O8/c1-13-16(21-22-23(37-27(33)36-22)24(34-4)28(2,3)38-21)10-9-15-12-19(26(32)35-20(13)15)30-25(31)18-11-14-7-5-6-8-17(14)29-18/h5-12,21-24,29H,1-4H3,(H,30,31)/t21-,22-,23-,24+/m0/s1. The van der Waals surface area contributed by atoms with Gasteiger partial charge in [-0.05, 0) is 50.1 Å². The average Bonchev–Trinajstić information content (AvgIpc) is 3.48. The number of rotatable bonds is 4. The Morgan fingerprint density at radius 3 is 2.55 bits per heavy atom. The molecule has 2 saturated heterocycles. The first-order valence-electron chi connectivity index (χ1n) is 12.2. The van der Waals surface area contributed by atoms with E-state index >= 15 is 0 Å². The Morgan fingerprint density at radius 2 is 1.79 bits per heavy atom. The van der Waals surface area contributed by atoms with Crippen molar-refractivity contribution >= 4 is 39.6 Å². The van der Waals surface area contributed by atoms with Gasteiger partial charge in [-0.2, -0.15) is 0 Å². The number of anilines is 1. The Bertz CT molecular complexity index is 1620. The highest BCUT2D eigenvalue weighted by atomic mass is 16.8. The molecule has 0 saturated carbocycles. The minimum Gasteiger partial charge on any atom is -0.424 e. The van der Waals surface area contributed by atoms with Crippen LogP contribution in [0, 0.1) is 6.92 Å². The van der Waals surface area contributed by atoms with Crippen LogP contribution in [-0.2, 0) is 18.9 Å². The van der Waals surface area contributed by atoms with Crippen molar-refractivity contribution in [1.29, 1.82) is 0 Å². The predicted molar refractivity (Wildman–Crippen MR) is 137 cm³/mol. The summed E-state index contributed by atoms with van der Waals surface area (Å²) >= 11 is 0. The third-order valence-electron chi connectivity index (χ3n) is 7.28. The minimum atomic E-state index is -0.798. The second-order valence-corrected chi connectivity index (χ2v) is 10.1. The van der Waals surface area contributed by atoms with E-state index in [0.717, 1.165) is 10.9 Å². The zero-order valence-electron chi connectivity index (χ0n) is 21.2. The zero-order valence-corrected chi connectivity index (χ0v) is 21.2. The number of aromatic amines is 1. The molecular weight excluding hydrogens is 492 g/mol. The Morgan fingerprint density at radius 1 is 1.03 bits per heavy atom. The van der Waals surface area contributed by atoms with Gasteiger partial charge in [-0.3, -0.25) is 4.79 Å². The number of aromatic nitrogens is 1. The van der Waals surface area contributed by atoms with Crippen molar-refractivity contribution in [1.82, 2.24) is 4.98 Å². The van der Waals surface area contributed by atoms with E-state index in [9.17, 15) is 14.4 Å². The summed E-state index contributed by atoms with van der Waals surface area (Å²) in [7, 11) is 1.53. The smallest absolute Gasteiger partial charge is 0.424 e. The Hall–Kier alpha value is -4.15. The highest BCUT2D eigenvalue weighted by Gasteiger charge is 2.58. The van der Waals surface area contributed by atoms with Crippen LogP contribution in [0.1, 0.15) is 41.6 Å². The van der Waals surface area contributed by atoms with E-state index in [0.29, 0.717) is 27.8 Å². The van der Waals surface area contributed by atoms with Crippen LogP contribution in [0.3, 0.4) is 0 Å². The van der Waals surface area contributed by atoms with Gasteiger partial charge >= 0.3 is 11.8 Å². The number of methoxy groups -OCH3 is 1. The molecule has 0 spiro atoms. The van der Waals surface area contributed by atoms with Gasteiger partial charge in [-0.15, -0.1) is 0 Å². The molecule has 38 heavy (non-hydrogen) atoms. The molecule has 0 aliphatic carbocycles. The molecule has 6 rings (SSSR count). The van der Waals surface area contributed by atoms with Crippen molar-refractivity contribution in [2.24, 2.45) is 0 Å². The number of carbonyl (C=O) groups excluding carboxylic acids is 2. The number of para-hydroxylation sites is 1. The van der Waals surface area contributed by atoms with Gasteiger partial charge in [0.15, 0.2) is 12.2 Å². The maximum absolute atomic E-state index is 12.9. The second-order valence-electron chi connectivity index (χ2n) is 10.1. The first-order chi connectivity index (χ1) is 18.2. The summed E-state index contributed by atoms with van der Waals surface area (Å²) in [5.41, 5.74) is 1.34. The number of carbonyl (C=O) groups is 2. The molecule has 10 nitrogen and oxygen atoms in total. The lowest BCUT2D eigenvalue weighted by molar-refractivity contribution is -0.237. The van der Waals surface area contributed by atoms with E-state index in [1.165, 1.54) is 7.11 Å². The van der Waals surface area contributed by atoms with Crippen LogP contribution in [0.4, 0.5) is 10.5 Å². The van der Waals surface area contributed by atoms with Crippen molar-refractivity contribution in [3.8, 4) is 0 Å². The summed E-state index contributed by atoms with van der Waals surface area (Å²) < 4.78 is 28.5. The summed E-state index contributed by atoms with van der Waals surface area (Å²) in [5, 5.41) is 4.14. The Balaban J connectivity index is 1.34. The number of aryl methyl sites for hydroxylation is 1.